The number of carboxylic acids is 1. The van der Waals surface area contributed by atoms with Crippen LogP contribution in [0.2, 0.25) is 0 Å². The number of carbonyl (C=O) groups is 2. The second kappa shape index (κ2) is 6.35. The Morgan fingerprint density at radius 1 is 1.38 bits per heavy atom. The first-order valence-electron chi connectivity index (χ1n) is 5.46. The number of carbonyl (C=O) groups excluding carboxylic acids is 2. The number of rotatable bonds is 5. The molecule has 0 saturated carbocycles. The summed E-state index contributed by atoms with van der Waals surface area (Å²) in [5.74, 6) is -1.28. The number of aliphatic carboxylic acids is 1. The van der Waals surface area contributed by atoms with Crippen LogP contribution >= 0.6 is 0 Å². The lowest BCUT2D eigenvalue weighted by molar-refractivity contribution is -0.308. The molecule has 0 aromatic rings. The number of hydrogen-bond acceptors (Lipinski definition) is 4. The van der Waals surface area contributed by atoms with Gasteiger partial charge in [0.05, 0.1) is 12.0 Å². The molecule has 1 N–H and O–H groups in total. The van der Waals surface area contributed by atoms with Crippen molar-refractivity contribution < 1.29 is 19.4 Å². The zero-order valence-corrected chi connectivity index (χ0v) is 10.3. The van der Waals surface area contributed by atoms with Crippen molar-refractivity contribution >= 4 is 12.1 Å². The Hall–Kier alpha value is -1.26. The molecule has 0 heterocycles. The van der Waals surface area contributed by atoms with E-state index < -0.39 is 23.7 Å². The van der Waals surface area contributed by atoms with E-state index in [0.29, 0.717) is 12.8 Å². The van der Waals surface area contributed by atoms with Crippen molar-refractivity contribution in [3.8, 4) is 0 Å². The topological polar surface area (TPSA) is 78.5 Å². The molecule has 0 aliphatic heterocycles. The standard InChI is InChI=1S/C11H21NO4/c1-5-6-7-8(9(13)14)12-10(15)16-11(2,3)4/h8H,5-7H2,1-4H3,(H,12,15)(H,13,14)/p-1/t8-/m1/s1. The minimum absolute atomic E-state index is 0.359. The number of nitrogens with one attached hydrogen (secondary N) is 1. The summed E-state index contributed by atoms with van der Waals surface area (Å²) in [4.78, 5) is 22.0. The molecule has 0 aliphatic rings. The van der Waals surface area contributed by atoms with Crippen LogP contribution in [0, 0.1) is 0 Å². The molecule has 1 amide bonds. The van der Waals surface area contributed by atoms with Crippen LogP contribution in [-0.4, -0.2) is 23.7 Å². The Morgan fingerprint density at radius 2 is 1.94 bits per heavy atom. The molecule has 0 bridgehead atoms. The van der Waals surface area contributed by atoms with Crippen molar-refractivity contribution in [3.63, 3.8) is 0 Å². The molecule has 94 valence electrons. The van der Waals surface area contributed by atoms with Crippen molar-refractivity contribution in [2.45, 2.75) is 58.6 Å². The van der Waals surface area contributed by atoms with E-state index in [1.54, 1.807) is 20.8 Å². The third kappa shape index (κ3) is 7.09. The first-order chi connectivity index (χ1) is 7.26. The highest BCUT2D eigenvalue weighted by molar-refractivity contribution is 5.78. The summed E-state index contributed by atoms with van der Waals surface area (Å²) in [6.07, 6.45) is 1.21. The fourth-order valence-electron chi connectivity index (χ4n) is 1.11. The largest absolute Gasteiger partial charge is 0.548 e. The maximum atomic E-state index is 11.3. The molecule has 0 aromatic carbocycles. The van der Waals surface area contributed by atoms with Gasteiger partial charge in [-0.1, -0.05) is 19.8 Å². The highest BCUT2D eigenvalue weighted by Crippen LogP contribution is 2.07. The third-order valence-electron chi connectivity index (χ3n) is 1.82. The van der Waals surface area contributed by atoms with Gasteiger partial charge in [-0.15, -0.1) is 0 Å². The van der Waals surface area contributed by atoms with Crippen LogP contribution < -0.4 is 10.4 Å². The second-order valence-electron chi connectivity index (χ2n) is 4.66. The Bertz CT molecular complexity index is 245. The van der Waals surface area contributed by atoms with Gasteiger partial charge in [0, 0.05) is 0 Å². The highest BCUT2D eigenvalue weighted by atomic mass is 16.6. The number of hydrogen-bond donors (Lipinski definition) is 1. The molecular formula is C11H20NO4-. The van der Waals surface area contributed by atoms with E-state index in [4.69, 9.17) is 4.74 Å². The molecular weight excluding hydrogens is 210 g/mol. The van der Waals surface area contributed by atoms with Gasteiger partial charge in [-0.05, 0) is 27.2 Å². The number of alkyl carbamates (subject to hydrolysis) is 1. The van der Waals surface area contributed by atoms with Crippen LogP contribution in [0.5, 0.6) is 0 Å². The third-order valence-corrected chi connectivity index (χ3v) is 1.82. The first-order valence-corrected chi connectivity index (χ1v) is 5.46. The molecule has 5 heteroatoms. The Labute approximate surface area is 96.2 Å². The normalized spacial score (nSPS) is 13.0. The van der Waals surface area contributed by atoms with Crippen LogP contribution in [0.25, 0.3) is 0 Å². The number of ether oxygens (including phenoxy) is 1. The van der Waals surface area contributed by atoms with Crippen LogP contribution in [0.4, 0.5) is 4.79 Å². The van der Waals surface area contributed by atoms with Gasteiger partial charge in [0.25, 0.3) is 0 Å². The zero-order chi connectivity index (χ0) is 12.8. The fraction of sp³-hybridized carbons (Fsp3) is 0.818. The van der Waals surface area contributed by atoms with Crippen molar-refractivity contribution in [1.82, 2.24) is 5.32 Å². The molecule has 0 radical (unpaired) electrons. The lowest BCUT2D eigenvalue weighted by atomic mass is 10.1. The van der Waals surface area contributed by atoms with Gasteiger partial charge in [-0.2, -0.15) is 0 Å². The van der Waals surface area contributed by atoms with Crippen LogP contribution in [0.15, 0.2) is 0 Å². The number of carboxylic acid groups (broad SMARTS) is 1. The van der Waals surface area contributed by atoms with Gasteiger partial charge in [-0.3, -0.25) is 0 Å². The van der Waals surface area contributed by atoms with Gasteiger partial charge in [0.15, 0.2) is 0 Å². The predicted molar refractivity (Wildman–Crippen MR) is 57.7 cm³/mol. The molecule has 16 heavy (non-hydrogen) atoms. The van der Waals surface area contributed by atoms with Crippen LogP contribution in [0.1, 0.15) is 47.0 Å². The maximum absolute atomic E-state index is 11.3. The van der Waals surface area contributed by atoms with Crippen molar-refractivity contribution in [3.05, 3.63) is 0 Å². The van der Waals surface area contributed by atoms with E-state index in [-0.39, 0.29) is 0 Å². The maximum Gasteiger partial charge on any atom is 0.408 e. The van der Waals surface area contributed by atoms with E-state index in [2.05, 4.69) is 5.32 Å². The molecule has 1 atom stereocenters. The van der Waals surface area contributed by atoms with E-state index in [1.807, 2.05) is 6.92 Å². The summed E-state index contributed by atoms with van der Waals surface area (Å²) in [6.45, 7) is 7.09. The Balaban J connectivity index is 4.19. The van der Waals surface area contributed by atoms with Crippen LogP contribution in [-0.2, 0) is 9.53 Å². The predicted octanol–water partition coefficient (Wildman–Crippen LogP) is 0.820. The highest BCUT2D eigenvalue weighted by Gasteiger charge is 2.19. The van der Waals surface area contributed by atoms with Crippen molar-refractivity contribution in [2.75, 3.05) is 0 Å². The van der Waals surface area contributed by atoms with Gasteiger partial charge < -0.3 is 20.0 Å². The van der Waals surface area contributed by atoms with Crippen molar-refractivity contribution in [2.24, 2.45) is 0 Å². The number of amides is 1. The molecule has 0 saturated heterocycles. The zero-order valence-electron chi connectivity index (χ0n) is 10.3. The summed E-state index contributed by atoms with van der Waals surface area (Å²) in [5, 5.41) is 13.0. The smallest absolute Gasteiger partial charge is 0.408 e. The minimum Gasteiger partial charge on any atom is -0.548 e. The lowest BCUT2D eigenvalue weighted by Gasteiger charge is -2.24. The molecule has 0 spiro atoms. The first kappa shape index (κ1) is 14.7. The lowest BCUT2D eigenvalue weighted by Crippen LogP contribution is -2.49. The average Bonchev–Trinajstić information content (AvgIpc) is 2.08. The van der Waals surface area contributed by atoms with Gasteiger partial charge in [0.2, 0.25) is 0 Å². The second-order valence-corrected chi connectivity index (χ2v) is 4.66. The summed E-state index contributed by atoms with van der Waals surface area (Å²) >= 11 is 0. The van der Waals surface area contributed by atoms with Crippen LogP contribution in [0.3, 0.4) is 0 Å². The van der Waals surface area contributed by atoms with E-state index in [1.165, 1.54) is 0 Å². The molecule has 0 unspecified atom stereocenters. The number of unbranched alkanes of at least 4 members (excludes halogenated alkanes) is 1. The van der Waals surface area contributed by atoms with Gasteiger partial charge in [0.1, 0.15) is 5.60 Å². The van der Waals surface area contributed by atoms with Crippen molar-refractivity contribution in [1.29, 1.82) is 0 Å². The summed E-state index contributed by atoms with van der Waals surface area (Å²) < 4.78 is 4.96. The Morgan fingerprint density at radius 3 is 2.31 bits per heavy atom. The minimum atomic E-state index is -1.28. The summed E-state index contributed by atoms with van der Waals surface area (Å²) in [6, 6.07) is -0.977. The quantitative estimate of drug-likeness (QED) is 0.758. The molecule has 0 fully saturated rings. The summed E-state index contributed by atoms with van der Waals surface area (Å²) in [7, 11) is 0. The molecule has 0 aromatic heterocycles. The van der Waals surface area contributed by atoms with Gasteiger partial charge in [-0.25, -0.2) is 4.79 Å². The molecule has 0 aliphatic carbocycles. The molecule has 5 nitrogen and oxygen atoms in total. The van der Waals surface area contributed by atoms with E-state index >= 15 is 0 Å². The average molecular weight is 230 g/mol. The Kier molecular flexibility index (Phi) is 5.85. The van der Waals surface area contributed by atoms with Gasteiger partial charge >= 0.3 is 6.09 Å². The SMILES string of the molecule is CCCC[C@@H](NC(=O)OC(C)(C)C)C(=O)[O-]. The molecule has 0 rings (SSSR count). The summed E-state index contributed by atoms with van der Waals surface area (Å²) in [5.41, 5.74) is -0.634. The monoisotopic (exact) mass is 230 g/mol. The van der Waals surface area contributed by atoms with E-state index in [0.717, 1.165) is 6.42 Å². The fourth-order valence-corrected chi connectivity index (χ4v) is 1.11. The van der Waals surface area contributed by atoms with E-state index in [9.17, 15) is 14.7 Å².